The van der Waals surface area contributed by atoms with Crippen LogP contribution in [0.5, 0.6) is 0 Å². The molecular weight excluding hydrogens is 324 g/mol. The second-order valence-corrected chi connectivity index (χ2v) is 6.17. The fourth-order valence-corrected chi connectivity index (χ4v) is 2.95. The lowest BCUT2D eigenvalue weighted by Crippen LogP contribution is -2.27. The minimum absolute atomic E-state index is 0.0452. The Kier molecular flexibility index (Phi) is 4.53. The lowest BCUT2D eigenvalue weighted by molar-refractivity contribution is 0.0795. The van der Waals surface area contributed by atoms with E-state index in [-0.39, 0.29) is 5.91 Å². The van der Waals surface area contributed by atoms with Crippen molar-refractivity contribution >= 4 is 28.7 Å². The number of hydrogen-bond donors (Lipinski definition) is 0. The molecule has 1 amide bonds. The zero-order valence-corrected chi connectivity index (χ0v) is 14.7. The van der Waals surface area contributed by atoms with E-state index in [2.05, 4.69) is 9.97 Å². The highest BCUT2D eigenvalue weighted by molar-refractivity contribution is 6.33. The van der Waals surface area contributed by atoms with Crippen molar-refractivity contribution in [2.45, 2.75) is 13.3 Å². The molecule has 3 rings (SSSR count). The van der Waals surface area contributed by atoms with E-state index in [1.807, 2.05) is 42.8 Å². The molecule has 0 fully saturated rings. The molecule has 2 heterocycles. The summed E-state index contributed by atoms with van der Waals surface area (Å²) in [6.45, 7) is 2.75. The normalized spacial score (nSPS) is 11.0. The molecule has 6 heteroatoms. The number of pyridine rings is 1. The second-order valence-electron chi connectivity index (χ2n) is 5.77. The Balaban J connectivity index is 2.06. The average Bonchev–Trinajstić information content (AvgIpc) is 2.91. The van der Waals surface area contributed by atoms with Crippen molar-refractivity contribution < 1.29 is 4.79 Å². The van der Waals surface area contributed by atoms with Crippen molar-refractivity contribution in [2.24, 2.45) is 7.05 Å². The third kappa shape index (κ3) is 2.87. The molecule has 0 aliphatic heterocycles. The number of hydrogen-bond acceptors (Lipinski definition) is 3. The van der Waals surface area contributed by atoms with Crippen LogP contribution in [0, 0.1) is 0 Å². The van der Waals surface area contributed by atoms with Gasteiger partial charge in [0.2, 0.25) is 0 Å². The first-order valence-electron chi connectivity index (χ1n) is 7.85. The van der Waals surface area contributed by atoms with Crippen molar-refractivity contribution in [2.75, 3.05) is 13.6 Å². The zero-order chi connectivity index (χ0) is 17.3. The van der Waals surface area contributed by atoms with Gasteiger partial charge in [-0.1, -0.05) is 30.7 Å². The third-order valence-corrected chi connectivity index (χ3v) is 4.31. The maximum atomic E-state index is 12.4. The molecule has 5 nitrogen and oxygen atoms in total. The van der Waals surface area contributed by atoms with Gasteiger partial charge < -0.3 is 9.47 Å². The van der Waals surface area contributed by atoms with Crippen LogP contribution < -0.4 is 0 Å². The Morgan fingerprint density at radius 3 is 2.79 bits per heavy atom. The highest BCUT2D eigenvalue weighted by atomic mass is 35.5. The summed E-state index contributed by atoms with van der Waals surface area (Å²) in [7, 11) is 3.69. The SMILES string of the molecule is CCCN(C)C(=O)c1cnc2c(c1)nc(-c1ccccc1Cl)n2C. The van der Waals surface area contributed by atoms with Crippen molar-refractivity contribution in [3.05, 3.63) is 47.1 Å². The van der Waals surface area contributed by atoms with Crippen LogP contribution in [0.3, 0.4) is 0 Å². The van der Waals surface area contributed by atoms with E-state index >= 15 is 0 Å². The van der Waals surface area contributed by atoms with Gasteiger partial charge in [-0.3, -0.25) is 4.79 Å². The largest absolute Gasteiger partial charge is 0.342 e. The lowest BCUT2D eigenvalue weighted by Gasteiger charge is -2.15. The highest BCUT2D eigenvalue weighted by Crippen LogP contribution is 2.28. The highest BCUT2D eigenvalue weighted by Gasteiger charge is 2.17. The predicted octanol–water partition coefficient (Wildman–Crippen LogP) is 3.77. The molecular formula is C18H19ClN4O. The van der Waals surface area contributed by atoms with Crippen LogP contribution >= 0.6 is 11.6 Å². The maximum absolute atomic E-state index is 12.4. The minimum atomic E-state index is -0.0452. The fraction of sp³-hybridized carbons (Fsp3) is 0.278. The number of benzene rings is 1. The van der Waals surface area contributed by atoms with E-state index in [9.17, 15) is 4.79 Å². The number of imidazole rings is 1. The number of amides is 1. The molecule has 0 N–H and O–H groups in total. The number of aryl methyl sites for hydroxylation is 1. The van der Waals surface area contributed by atoms with E-state index < -0.39 is 0 Å². The van der Waals surface area contributed by atoms with Crippen molar-refractivity contribution in [3.8, 4) is 11.4 Å². The Bertz CT molecular complexity index is 903. The second kappa shape index (κ2) is 6.61. The first-order chi connectivity index (χ1) is 11.5. The predicted molar refractivity (Wildman–Crippen MR) is 96.2 cm³/mol. The van der Waals surface area contributed by atoms with Crippen molar-refractivity contribution in [1.29, 1.82) is 0 Å². The Morgan fingerprint density at radius 1 is 1.33 bits per heavy atom. The molecule has 3 aromatic rings. The summed E-state index contributed by atoms with van der Waals surface area (Å²) in [5.41, 5.74) is 2.79. The maximum Gasteiger partial charge on any atom is 0.255 e. The molecule has 1 aromatic carbocycles. The van der Waals surface area contributed by atoms with Crippen LogP contribution in [-0.2, 0) is 7.05 Å². The molecule has 0 saturated carbocycles. The molecule has 0 bridgehead atoms. The van der Waals surface area contributed by atoms with Crippen LogP contribution in [0.25, 0.3) is 22.6 Å². The van der Waals surface area contributed by atoms with Gasteiger partial charge in [0.25, 0.3) is 5.91 Å². The number of carbonyl (C=O) groups excluding carboxylic acids is 1. The van der Waals surface area contributed by atoms with Gasteiger partial charge >= 0.3 is 0 Å². The standard InChI is InChI=1S/C18H19ClN4O/c1-4-9-22(2)18(24)12-10-15-17(20-11-12)23(3)16(21-15)13-7-5-6-8-14(13)19/h5-8,10-11H,4,9H2,1-3H3. The topological polar surface area (TPSA) is 51.0 Å². The lowest BCUT2D eigenvalue weighted by atomic mass is 10.2. The fourth-order valence-electron chi connectivity index (χ4n) is 2.73. The molecule has 24 heavy (non-hydrogen) atoms. The summed E-state index contributed by atoms with van der Waals surface area (Å²) in [6, 6.07) is 9.34. The van der Waals surface area contributed by atoms with E-state index in [1.54, 1.807) is 24.2 Å². The summed E-state index contributed by atoms with van der Waals surface area (Å²) in [5.74, 6) is 0.686. The first-order valence-corrected chi connectivity index (χ1v) is 8.23. The Hall–Kier alpha value is -2.40. The van der Waals surface area contributed by atoms with Crippen LogP contribution in [-0.4, -0.2) is 38.9 Å². The Morgan fingerprint density at radius 2 is 2.08 bits per heavy atom. The summed E-state index contributed by atoms with van der Waals surface area (Å²) in [5, 5.41) is 0.634. The number of carbonyl (C=O) groups is 1. The van der Waals surface area contributed by atoms with Gasteiger partial charge in [-0.05, 0) is 24.6 Å². The molecule has 0 saturated heterocycles. The quantitative estimate of drug-likeness (QED) is 0.725. The number of fused-ring (bicyclic) bond motifs is 1. The number of halogens is 1. The summed E-state index contributed by atoms with van der Waals surface area (Å²) in [4.78, 5) is 23.2. The van der Waals surface area contributed by atoms with Crippen LogP contribution in [0.15, 0.2) is 36.5 Å². The Labute approximate surface area is 145 Å². The van der Waals surface area contributed by atoms with E-state index in [0.29, 0.717) is 22.6 Å². The zero-order valence-electron chi connectivity index (χ0n) is 14.0. The van der Waals surface area contributed by atoms with E-state index in [4.69, 9.17) is 11.6 Å². The molecule has 0 aliphatic carbocycles. The molecule has 2 aromatic heterocycles. The van der Waals surface area contributed by atoms with Gasteiger partial charge in [0, 0.05) is 32.4 Å². The molecule has 0 unspecified atom stereocenters. The van der Waals surface area contributed by atoms with E-state index in [1.165, 1.54) is 0 Å². The molecule has 0 radical (unpaired) electrons. The molecule has 0 spiro atoms. The van der Waals surface area contributed by atoms with Crippen molar-refractivity contribution in [1.82, 2.24) is 19.4 Å². The minimum Gasteiger partial charge on any atom is -0.342 e. The summed E-state index contributed by atoms with van der Waals surface area (Å²) >= 11 is 6.28. The average molecular weight is 343 g/mol. The van der Waals surface area contributed by atoms with Crippen LogP contribution in [0.1, 0.15) is 23.7 Å². The van der Waals surface area contributed by atoms with Gasteiger partial charge in [0.05, 0.1) is 10.6 Å². The van der Waals surface area contributed by atoms with Crippen molar-refractivity contribution in [3.63, 3.8) is 0 Å². The molecule has 0 aliphatic rings. The van der Waals surface area contributed by atoms with Gasteiger partial charge in [-0.15, -0.1) is 0 Å². The van der Waals surface area contributed by atoms with Crippen LogP contribution in [0.2, 0.25) is 5.02 Å². The molecule has 124 valence electrons. The summed E-state index contributed by atoms with van der Waals surface area (Å²) in [6.07, 6.45) is 2.52. The van der Waals surface area contributed by atoms with Gasteiger partial charge in [-0.25, -0.2) is 9.97 Å². The van der Waals surface area contributed by atoms with Gasteiger partial charge in [0.15, 0.2) is 5.65 Å². The van der Waals surface area contributed by atoms with E-state index in [0.717, 1.165) is 23.5 Å². The van der Waals surface area contributed by atoms with Gasteiger partial charge in [0.1, 0.15) is 11.3 Å². The molecule has 0 atom stereocenters. The summed E-state index contributed by atoms with van der Waals surface area (Å²) < 4.78 is 1.89. The van der Waals surface area contributed by atoms with Gasteiger partial charge in [-0.2, -0.15) is 0 Å². The first kappa shape index (κ1) is 16.5. The number of rotatable bonds is 4. The number of nitrogens with zero attached hydrogens (tertiary/aromatic N) is 4. The van der Waals surface area contributed by atoms with Crippen LogP contribution in [0.4, 0.5) is 0 Å². The third-order valence-electron chi connectivity index (χ3n) is 3.98. The number of aromatic nitrogens is 3. The smallest absolute Gasteiger partial charge is 0.255 e. The monoisotopic (exact) mass is 342 g/mol.